The van der Waals surface area contributed by atoms with E-state index in [1.54, 1.807) is 0 Å². The normalized spacial score (nSPS) is 12.2. The summed E-state index contributed by atoms with van der Waals surface area (Å²) >= 11 is 10.2. The van der Waals surface area contributed by atoms with Gasteiger partial charge in [0.15, 0.2) is 0 Å². The molecule has 0 aliphatic rings. The van der Waals surface area contributed by atoms with E-state index in [9.17, 15) is 0 Å². The lowest BCUT2D eigenvalue weighted by Crippen LogP contribution is -2.05. The molecule has 0 aliphatic carbocycles. The number of nitrogens with two attached hydrogens (primary N) is 1. The van der Waals surface area contributed by atoms with Gasteiger partial charge in [0.25, 0.3) is 0 Å². The fourth-order valence-corrected chi connectivity index (χ4v) is 2.41. The Hall–Kier alpha value is -0.280. The molecule has 16 heavy (non-hydrogen) atoms. The summed E-state index contributed by atoms with van der Waals surface area (Å²) in [5, 5.41) is 0. The summed E-state index contributed by atoms with van der Waals surface area (Å²) in [6, 6.07) is 0. The molecule has 0 fully saturated rings. The van der Waals surface area contributed by atoms with Crippen molar-refractivity contribution in [3.63, 3.8) is 0 Å². The maximum absolute atomic E-state index is 5.79. The van der Waals surface area contributed by atoms with Gasteiger partial charge in [-0.2, -0.15) is 0 Å². The molecule has 0 atom stereocenters. The van der Waals surface area contributed by atoms with Crippen molar-refractivity contribution in [2.75, 3.05) is 5.73 Å². The zero-order valence-electron chi connectivity index (χ0n) is 10.4. The topological polar surface area (TPSA) is 26.0 Å². The second kappa shape index (κ2) is 5.37. The average molecular weight is 255 g/mol. The predicted molar refractivity (Wildman–Crippen MR) is 76.5 cm³/mol. The molecule has 90 valence electrons. The van der Waals surface area contributed by atoms with E-state index in [1.807, 2.05) is 0 Å². The van der Waals surface area contributed by atoms with Crippen LogP contribution in [0.4, 0.5) is 5.69 Å². The number of rotatable bonds is 5. The van der Waals surface area contributed by atoms with Crippen LogP contribution >= 0.6 is 24.4 Å². The number of hydrogen-bond donors (Lipinski definition) is 1. The molecule has 1 aromatic rings. The van der Waals surface area contributed by atoms with Gasteiger partial charge in [-0.15, -0.1) is 0 Å². The highest BCUT2D eigenvalue weighted by Gasteiger charge is 2.11. The third kappa shape index (κ3) is 3.63. The number of hydrogen-bond acceptors (Lipinski definition) is 3. The summed E-state index contributed by atoms with van der Waals surface area (Å²) in [4.78, 5) is 0. The minimum atomic E-state index is 0.450. The minimum absolute atomic E-state index is 0.450. The molecular weight excluding hydrogens is 234 g/mol. The maximum atomic E-state index is 5.79. The molecule has 0 aromatic heterocycles. The van der Waals surface area contributed by atoms with Crippen LogP contribution in [-0.4, -0.2) is 0 Å². The highest BCUT2D eigenvalue weighted by Crippen LogP contribution is 2.26. The Labute approximate surface area is 109 Å². The fraction of sp³-hybridized carbons (Fsp3) is 0.692. The molecule has 0 amide bonds. The van der Waals surface area contributed by atoms with Gasteiger partial charge in [0.2, 0.25) is 0 Å². The Morgan fingerprint density at radius 2 is 1.62 bits per heavy atom. The van der Waals surface area contributed by atoms with Gasteiger partial charge in [0.1, 0.15) is 0 Å². The van der Waals surface area contributed by atoms with Crippen molar-refractivity contribution < 1.29 is 0 Å². The van der Waals surface area contributed by atoms with Crippen LogP contribution in [0.2, 0.25) is 0 Å². The van der Waals surface area contributed by atoms with Crippen molar-refractivity contribution in [2.24, 2.45) is 5.41 Å². The molecule has 0 aliphatic heterocycles. The van der Waals surface area contributed by atoms with Gasteiger partial charge >= 0.3 is 0 Å². The van der Waals surface area contributed by atoms with E-state index < -0.39 is 0 Å². The lowest BCUT2D eigenvalue weighted by atomic mass is 9.89. The van der Waals surface area contributed by atoms with E-state index in [0.717, 1.165) is 22.2 Å². The van der Waals surface area contributed by atoms with Crippen LogP contribution < -0.4 is 5.73 Å². The second-order valence-electron chi connectivity index (χ2n) is 5.67. The van der Waals surface area contributed by atoms with Gasteiger partial charge < -0.3 is 5.73 Å². The van der Waals surface area contributed by atoms with E-state index in [4.69, 9.17) is 30.2 Å². The molecule has 2 N–H and O–H groups in total. The van der Waals surface area contributed by atoms with Gasteiger partial charge in [-0.1, -0.05) is 58.0 Å². The standard InChI is InChI=1S/C13H21NS2/c1-13(2,3)8-6-4-5-7-9-10(14)12(16)11(9)15/h4-8,14H2,1-3H3. The quantitative estimate of drug-likeness (QED) is 0.607. The van der Waals surface area contributed by atoms with E-state index in [1.165, 1.54) is 25.7 Å². The van der Waals surface area contributed by atoms with Gasteiger partial charge in [0.05, 0.1) is 14.7 Å². The van der Waals surface area contributed by atoms with E-state index in [-0.39, 0.29) is 0 Å². The first-order valence-electron chi connectivity index (χ1n) is 5.90. The second-order valence-corrected chi connectivity index (χ2v) is 6.49. The molecular formula is C13H21NS2. The highest BCUT2D eigenvalue weighted by molar-refractivity contribution is 7.74. The van der Waals surface area contributed by atoms with Crippen LogP contribution in [-0.2, 0) is 6.42 Å². The molecule has 0 radical (unpaired) electrons. The van der Waals surface area contributed by atoms with Crippen molar-refractivity contribution in [1.82, 2.24) is 0 Å². The Morgan fingerprint density at radius 3 is 2.12 bits per heavy atom. The number of anilines is 1. The smallest absolute Gasteiger partial charge is 0.0793 e. The Morgan fingerprint density at radius 1 is 1.00 bits per heavy atom. The third-order valence-electron chi connectivity index (χ3n) is 2.90. The molecule has 1 aromatic carbocycles. The largest absolute Gasteiger partial charge is 0.397 e. The monoisotopic (exact) mass is 255 g/mol. The molecule has 3 heteroatoms. The van der Waals surface area contributed by atoms with Crippen LogP contribution in [0.15, 0.2) is 0 Å². The van der Waals surface area contributed by atoms with Gasteiger partial charge in [0, 0.05) is 0 Å². The van der Waals surface area contributed by atoms with Gasteiger partial charge in [-0.25, -0.2) is 0 Å². The molecule has 0 spiro atoms. The first kappa shape index (κ1) is 13.8. The zero-order valence-corrected chi connectivity index (χ0v) is 12.1. The maximum Gasteiger partial charge on any atom is 0.0793 e. The molecule has 0 saturated heterocycles. The molecule has 1 rings (SSSR count). The van der Waals surface area contributed by atoms with Crippen LogP contribution in [0.25, 0.3) is 0 Å². The van der Waals surface area contributed by atoms with Crippen LogP contribution in [0.1, 0.15) is 52.0 Å². The average Bonchev–Trinajstić information content (AvgIpc) is 2.20. The summed E-state index contributed by atoms with van der Waals surface area (Å²) in [5.74, 6) is 0. The summed E-state index contributed by atoms with van der Waals surface area (Å²) in [6.07, 6.45) is 6.01. The van der Waals surface area contributed by atoms with Crippen LogP contribution in [0, 0.1) is 14.4 Å². The molecule has 0 saturated carbocycles. The number of unbranched alkanes of at least 4 members (excludes halogenated alkanes) is 2. The van der Waals surface area contributed by atoms with E-state index in [0.29, 0.717) is 9.93 Å². The van der Waals surface area contributed by atoms with Gasteiger partial charge in [-0.3, -0.25) is 0 Å². The zero-order chi connectivity index (χ0) is 12.3. The van der Waals surface area contributed by atoms with Crippen molar-refractivity contribution >= 4 is 30.1 Å². The first-order valence-corrected chi connectivity index (χ1v) is 6.72. The van der Waals surface area contributed by atoms with Crippen LogP contribution in [0.3, 0.4) is 0 Å². The fourth-order valence-electron chi connectivity index (χ4n) is 1.84. The third-order valence-corrected chi connectivity index (χ3v) is 3.91. The Bertz CT molecular complexity index is 420. The Balaban J connectivity index is 2.23. The van der Waals surface area contributed by atoms with Crippen molar-refractivity contribution in [3.05, 3.63) is 14.6 Å². The predicted octanol–water partition coefficient (Wildman–Crippen LogP) is 4.75. The SMILES string of the molecule is CC(C)(C)CCCCCc1c(N)c(=S)c1=S. The lowest BCUT2D eigenvalue weighted by Gasteiger charge is -2.17. The summed E-state index contributed by atoms with van der Waals surface area (Å²) in [7, 11) is 0. The summed E-state index contributed by atoms with van der Waals surface area (Å²) in [5.41, 5.74) is 8.15. The molecule has 0 bridgehead atoms. The van der Waals surface area contributed by atoms with Gasteiger partial charge in [-0.05, 0) is 30.2 Å². The van der Waals surface area contributed by atoms with Crippen molar-refractivity contribution in [1.29, 1.82) is 0 Å². The molecule has 0 unspecified atom stereocenters. The first-order chi connectivity index (χ1) is 7.33. The van der Waals surface area contributed by atoms with Crippen molar-refractivity contribution in [2.45, 2.75) is 52.9 Å². The number of nitrogen functional groups attached to an aromatic ring is 1. The lowest BCUT2D eigenvalue weighted by molar-refractivity contribution is 0.358. The summed E-state index contributed by atoms with van der Waals surface area (Å²) < 4.78 is 1.54. The van der Waals surface area contributed by atoms with E-state index in [2.05, 4.69) is 20.8 Å². The summed E-state index contributed by atoms with van der Waals surface area (Å²) in [6.45, 7) is 6.85. The molecule has 1 nitrogen and oxygen atoms in total. The minimum Gasteiger partial charge on any atom is -0.397 e. The Kier molecular flexibility index (Phi) is 4.62. The van der Waals surface area contributed by atoms with E-state index >= 15 is 0 Å². The molecule has 0 heterocycles. The van der Waals surface area contributed by atoms with Crippen molar-refractivity contribution in [3.8, 4) is 0 Å². The highest BCUT2D eigenvalue weighted by atomic mass is 32.1. The van der Waals surface area contributed by atoms with Crippen LogP contribution in [0.5, 0.6) is 0 Å².